The molecule has 2 N–H and O–H groups in total. The lowest BCUT2D eigenvalue weighted by molar-refractivity contribution is 0.581. The van der Waals surface area contributed by atoms with E-state index in [4.69, 9.17) is 11.6 Å². The van der Waals surface area contributed by atoms with Crippen LogP contribution >= 0.6 is 27.5 Å². The average molecular weight is 351 g/mol. The highest BCUT2D eigenvalue weighted by Gasteiger charge is 2.19. The van der Waals surface area contributed by atoms with Gasteiger partial charge >= 0.3 is 0 Å². The lowest BCUT2D eigenvalue weighted by Crippen LogP contribution is -2.23. The summed E-state index contributed by atoms with van der Waals surface area (Å²) in [5.74, 6) is 0. The van der Waals surface area contributed by atoms with Gasteiger partial charge in [-0.1, -0.05) is 11.6 Å². The van der Waals surface area contributed by atoms with E-state index in [1.165, 1.54) is 12.3 Å². The molecule has 0 amide bonds. The zero-order valence-electron chi connectivity index (χ0n) is 9.02. The van der Waals surface area contributed by atoms with Crippen LogP contribution in [-0.2, 0) is 16.6 Å². The maximum absolute atomic E-state index is 12.0. The summed E-state index contributed by atoms with van der Waals surface area (Å²) in [6.45, 7) is 0.189. The first-order valence-corrected chi connectivity index (χ1v) is 7.57. The quantitative estimate of drug-likeness (QED) is 0.831. The minimum Gasteiger partial charge on any atom is -0.367 e. The van der Waals surface area contributed by atoms with Crippen molar-refractivity contribution in [2.24, 2.45) is 0 Å². The first-order chi connectivity index (χ1) is 8.49. The van der Waals surface area contributed by atoms with Gasteiger partial charge in [-0.2, -0.15) is 0 Å². The molecule has 0 bridgehead atoms. The van der Waals surface area contributed by atoms with E-state index in [0.717, 1.165) is 5.56 Å². The molecule has 18 heavy (non-hydrogen) atoms. The van der Waals surface area contributed by atoms with Gasteiger partial charge < -0.3 is 4.98 Å². The molecule has 0 saturated heterocycles. The van der Waals surface area contributed by atoms with Crippen molar-refractivity contribution < 1.29 is 8.42 Å². The molecule has 2 rings (SSSR count). The third-order valence-corrected chi connectivity index (χ3v) is 4.45. The molecule has 0 aliphatic rings. The molecular formula is C10H9BrClN3O2S. The summed E-state index contributed by atoms with van der Waals surface area (Å²) in [5.41, 5.74) is 0.831. The number of aromatic nitrogens is 2. The topological polar surface area (TPSA) is 74.8 Å². The van der Waals surface area contributed by atoms with E-state index in [0.29, 0.717) is 4.47 Å². The number of pyridine rings is 1. The van der Waals surface area contributed by atoms with Crippen molar-refractivity contribution in [1.82, 2.24) is 14.7 Å². The molecule has 2 aromatic rings. The summed E-state index contributed by atoms with van der Waals surface area (Å²) in [7, 11) is -3.68. The number of nitrogens with one attached hydrogen (secondary N) is 2. The minimum absolute atomic E-state index is 0.0472. The SMILES string of the molecule is O=S(=O)(NCc1cc[nH]c1)c1cc(Br)cnc1Cl. The first-order valence-electron chi connectivity index (χ1n) is 4.91. The molecule has 2 aromatic heterocycles. The molecule has 0 fully saturated rings. The smallest absolute Gasteiger partial charge is 0.243 e. The summed E-state index contributed by atoms with van der Waals surface area (Å²) >= 11 is 8.94. The Morgan fingerprint density at radius 2 is 2.28 bits per heavy atom. The van der Waals surface area contributed by atoms with Crippen LogP contribution in [0.25, 0.3) is 0 Å². The van der Waals surface area contributed by atoms with Gasteiger partial charge in [0.1, 0.15) is 10.0 Å². The molecule has 0 radical (unpaired) electrons. The van der Waals surface area contributed by atoms with Gasteiger partial charge in [-0.25, -0.2) is 18.1 Å². The Kier molecular flexibility index (Phi) is 4.06. The number of hydrogen-bond donors (Lipinski definition) is 2. The monoisotopic (exact) mass is 349 g/mol. The Morgan fingerprint density at radius 1 is 1.50 bits per heavy atom. The molecule has 0 aliphatic carbocycles. The van der Waals surface area contributed by atoms with Gasteiger partial charge in [0.2, 0.25) is 10.0 Å². The van der Waals surface area contributed by atoms with Crippen LogP contribution in [0, 0.1) is 0 Å². The third kappa shape index (κ3) is 3.11. The summed E-state index contributed by atoms with van der Waals surface area (Å²) in [5, 5.41) is -0.0558. The van der Waals surface area contributed by atoms with Gasteiger partial charge in [-0.05, 0) is 33.6 Å². The second kappa shape index (κ2) is 5.40. The van der Waals surface area contributed by atoms with E-state index in [1.54, 1.807) is 18.5 Å². The predicted octanol–water partition coefficient (Wildman–Crippen LogP) is 2.30. The van der Waals surface area contributed by atoms with Crippen molar-refractivity contribution in [2.75, 3.05) is 0 Å². The van der Waals surface area contributed by atoms with Gasteiger partial charge in [0, 0.05) is 29.6 Å². The largest absolute Gasteiger partial charge is 0.367 e. The van der Waals surface area contributed by atoms with E-state index in [2.05, 4.69) is 30.6 Å². The zero-order chi connectivity index (χ0) is 13.2. The van der Waals surface area contributed by atoms with Crippen molar-refractivity contribution in [3.63, 3.8) is 0 Å². The average Bonchev–Trinajstić information content (AvgIpc) is 2.83. The molecule has 0 unspecified atom stereocenters. The molecule has 0 saturated carbocycles. The van der Waals surface area contributed by atoms with Gasteiger partial charge in [-0.15, -0.1) is 0 Å². The van der Waals surface area contributed by atoms with Crippen LogP contribution in [0.1, 0.15) is 5.56 Å². The predicted molar refractivity (Wildman–Crippen MR) is 71.8 cm³/mol. The maximum Gasteiger partial charge on any atom is 0.243 e. The Hall–Kier alpha value is -0.890. The standard InChI is InChI=1S/C10H9BrClN3O2S/c11-8-3-9(10(12)14-6-8)18(16,17)15-5-7-1-2-13-4-7/h1-4,6,13,15H,5H2. The highest BCUT2D eigenvalue weighted by Crippen LogP contribution is 2.22. The number of H-pyrrole nitrogens is 1. The van der Waals surface area contributed by atoms with Crippen molar-refractivity contribution in [1.29, 1.82) is 0 Å². The van der Waals surface area contributed by atoms with Gasteiger partial charge in [0.05, 0.1) is 0 Å². The molecule has 0 spiro atoms. The fourth-order valence-electron chi connectivity index (χ4n) is 1.32. The zero-order valence-corrected chi connectivity index (χ0v) is 12.2. The van der Waals surface area contributed by atoms with Crippen LogP contribution in [0.15, 0.2) is 40.1 Å². The Labute approximate surface area is 118 Å². The lowest BCUT2D eigenvalue weighted by Gasteiger charge is -2.07. The fraction of sp³-hybridized carbons (Fsp3) is 0.100. The maximum atomic E-state index is 12.0. The molecule has 96 valence electrons. The molecule has 8 heteroatoms. The fourth-order valence-corrected chi connectivity index (χ4v) is 3.28. The number of rotatable bonds is 4. The van der Waals surface area contributed by atoms with Crippen molar-refractivity contribution in [3.8, 4) is 0 Å². The summed E-state index contributed by atoms with van der Waals surface area (Å²) < 4.78 is 27.1. The molecule has 2 heterocycles. The Bertz CT molecular complexity index is 643. The Balaban J connectivity index is 2.22. The van der Waals surface area contributed by atoms with E-state index >= 15 is 0 Å². The highest BCUT2D eigenvalue weighted by atomic mass is 79.9. The number of sulfonamides is 1. The molecule has 5 nitrogen and oxygen atoms in total. The molecule has 0 aliphatic heterocycles. The van der Waals surface area contributed by atoms with E-state index < -0.39 is 10.0 Å². The summed E-state index contributed by atoms with van der Waals surface area (Å²) in [6.07, 6.45) is 4.87. The van der Waals surface area contributed by atoms with Crippen LogP contribution in [0.5, 0.6) is 0 Å². The normalized spacial score (nSPS) is 11.7. The van der Waals surface area contributed by atoms with Crippen LogP contribution in [-0.4, -0.2) is 18.4 Å². The highest BCUT2D eigenvalue weighted by molar-refractivity contribution is 9.10. The van der Waals surface area contributed by atoms with Gasteiger partial charge in [0.25, 0.3) is 0 Å². The van der Waals surface area contributed by atoms with Crippen molar-refractivity contribution in [2.45, 2.75) is 11.4 Å². The third-order valence-electron chi connectivity index (χ3n) is 2.19. The van der Waals surface area contributed by atoms with Crippen molar-refractivity contribution in [3.05, 3.63) is 45.9 Å². The number of hydrogen-bond acceptors (Lipinski definition) is 3. The minimum atomic E-state index is -3.68. The van der Waals surface area contributed by atoms with Crippen molar-refractivity contribution >= 4 is 37.6 Å². The lowest BCUT2D eigenvalue weighted by atomic mass is 10.4. The van der Waals surface area contributed by atoms with Gasteiger partial charge in [0.15, 0.2) is 0 Å². The van der Waals surface area contributed by atoms with Gasteiger partial charge in [-0.3, -0.25) is 0 Å². The molecular weight excluding hydrogens is 342 g/mol. The van der Waals surface area contributed by atoms with Crippen LogP contribution in [0.3, 0.4) is 0 Å². The second-order valence-electron chi connectivity index (χ2n) is 3.49. The van der Waals surface area contributed by atoms with E-state index in [9.17, 15) is 8.42 Å². The summed E-state index contributed by atoms with van der Waals surface area (Å²) in [6, 6.07) is 3.19. The number of nitrogens with zero attached hydrogens (tertiary/aromatic N) is 1. The number of aromatic amines is 1. The Morgan fingerprint density at radius 3 is 2.94 bits per heavy atom. The molecule has 0 aromatic carbocycles. The first kappa shape index (κ1) is 13.5. The van der Waals surface area contributed by atoms with Crippen LogP contribution in [0.4, 0.5) is 0 Å². The number of halogens is 2. The van der Waals surface area contributed by atoms with E-state index in [-0.39, 0.29) is 16.6 Å². The van der Waals surface area contributed by atoms with E-state index in [1.807, 2.05) is 0 Å². The second-order valence-corrected chi connectivity index (χ2v) is 6.50. The summed E-state index contributed by atoms with van der Waals surface area (Å²) in [4.78, 5) is 6.58. The van der Waals surface area contributed by atoms with Crippen LogP contribution in [0.2, 0.25) is 5.15 Å². The molecule has 0 atom stereocenters. The van der Waals surface area contributed by atoms with Crippen LogP contribution < -0.4 is 4.72 Å².